The largest absolute Gasteiger partial charge is 0.495 e. The summed E-state index contributed by atoms with van der Waals surface area (Å²) in [6, 6.07) is 0. The highest BCUT2D eigenvalue weighted by molar-refractivity contribution is 6.31. The Labute approximate surface area is 73.0 Å². The van der Waals surface area contributed by atoms with Crippen LogP contribution >= 0.6 is 11.6 Å². The average molecular weight is 173 g/mol. The summed E-state index contributed by atoms with van der Waals surface area (Å²) in [5.41, 5.74) is 1.13. The van der Waals surface area contributed by atoms with Gasteiger partial charge < -0.3 is 4.74 Å². The molecule has 0 fully saturated rings. The molecule has 1 nitrogen and oxygen atoms in total. The summed E-state index contributed by atoms with van der Waals surface area (Å²) < 4.78 is 4.95. The van der Waals surface area contributed by atoms with E-state index in [1.165, 1.54) is 0 Å². The number of methoxy groups -OCH3 is 1. The smallest absolute Gasteiger partial charge is 0.136 e. The van der Waals surface area contributed by atoms with Crippen molar-refractivity contribution in [3.05, 3.63) is 35.1 Å². The van der Waals surface area contributed by atoms with Gasteiger partial charge in [-0.1, -0.05) is 23.8 Å². The van der Waals surface area contributed by atoms with Crippen LogP contribution in [0.4, 0.5) is 0 Å². The van der Waals surface area contributed by atoms with Gasteiger partial charge in [0.1, 0.15) is 5.76 Å². The Kier molecular flexibility index (Phi) is 4.71. The minimum absolute atomic E-state index is 0.586. The fraction of sp³-hybridized carbons (Fsp3) is 0.333. The van der Waals surface area contributed by atoms with Crippen LogP contribution in [-0.2, 0) is 4.74 Å². The second-order valence-corrected chi connectivity index (χ2v) is 2.75. The standard InChI is InChI=1S/C9H13ClO/c1-5-9(11-4)8(10)6-7(2)3/h5-6H,1H2,2-4H3/b9-8-. The summed E-state index contributed by atoms with van der Waals surface area (Å²) in [6.07, 6.45) is 3.42. The molecule has 0 atom stereocenters. The first-order valence-electron chi connectivity index (χ1n) is 3.33. The minimum atomic E-state index is 0.586. The summed E-state index contributed by atoms with van der Waals surface area (Å²) in [5.74, 6) is 0.605. The van der Waals surface area contributed by atoms with Gasteiger partial charge in [0, 0.05) is 0 Å². The van der Waals surface area contributed by atoms with Crippen LogP contribution in [0, 0.1) is 0 Å². The lowest BCUT2D eigenvalue weighted by Crippen LogP contribution is -1.83. The molecule has 0 radical (unpaired) electrons. The summed E-state index contributed by atoms with van der Waals surface area (Å²) >= 11 is 5.85. The molecule has 0 saturated carbocycles. The lowest BCUT2D eigenvalue weighted by Gasteiger charge is -2.00. The molecule has 2 heteroatoms. The molecule has 0 N–H and O–H groups in total. The first-order chi connectivity index (χ1) is 5.11. The van der Waals surface area contributed by atoms with Crippen molar-refractivity contribution in [2.75, 3.05) is 7.11 Å². The van der Waals surface area contributed by atoms with E-state index >= 15 is 0 Å². The fourth-order valence-electron chi connectivity index (χ4n) is 0.603. The van der Waals surface area contributed by atoms with Crippen LogP contribution in [0.2, 0.25) is 0 Å². The number of ether oxygens (including phenoxy) is 1. The summed E-state index contributed by atoms with van der Waals surface area (Å²) in [7, 11) is 1.57. The predicted molar refractivity (Wildman–Crippen MR) is 49.5 cm³/mol. The van der Waals surface area contributed by atoms with Crippen LogP contribution in [0.25, 0.3) is 0 Å². The fourth-order valence-corrected chi connectivity index (χ4v) is 0.975. The van der Waals surface area contributed by atoms with Crippen molar-refractivity contribution in [3.63, 3.8) is 0 Å². The lowest BCUT2D eigenvalue weighted by atomic mass is 10.3. The zero-order valence-electron chi connectivity index (χ0n) is 7.15. The lowest BCUT2D eigenvalue weighted by molar-refractivity contribution is 0.306. The molecule has 0 aliphatic heterocycles. The monoisotopic (exact) mass is 172 g/mol. The molecule has 62 valence electrons. The number of rotatable bonds is 3. The van der Waals surface area contributed by atoms with Gasteiger partial charge >= 0.3 is 0 Å². The Balaban J connectivity index is 4.62. The molecular weight excluding hydrogens is 160 g/mol. The van der Waals surface area contributed by atoms with Crippen LogP contribution in [0.1, 0.15) is 13.8 Å². The quantitative estimate of drug-likeness (QED) is 0.469. The summed E-state index contributed by atoms with van der Waals surface area (Å²) in [4.78, 5) is 0. The van der Waals surface area contributed by atoms with Crippen molar-refractivity contribution in [3.8, 4) is 0 Å². The van der Waals surface area contributed by atoms with Gasteiger partial charge in [-0.15, -0.1) is 0 Å². The van der Waals surface area contributed by atoms with Gasteiger partial charge in [0.2, 0.25) is 0 Å². The van der Waals surface area contributed by atoms with Crippen molar-refractivity contribution in [1.82, 2.24) is 0 Å². The normalized spacial score (nSPS) is 11.6. The predicted octanol–water partition coefficient (Wildman–Crippen LogP) is 3.24. The van der Waals surface area contributed by atoms with E-state index in [0.717, 1.165) is 5.57 Å². The third kappa shape index (κ3) is 3.89. The zero-order chi connectivity index (χ0) is 8.85. The zero-order valence-corrected chi connectivity index (χ0v) is 7.90. The van der Waals surface area contributed by atoms with E-state index in [9.17, 15) is 0 Å². The van der Waals surface area contributed by atoms with E-state index in [2.05, 4.69) is 6.58 Å². The highest BCUT2D eigenvalue weighted by Crippen LogP contribution is 2.14. The summed E-state index contributed by atoms with van der Waals surface area (Å²) in [6.45, 7) is 7.51. The van der Waals surface area contributed by atoms with Gasteiger partial charge in [-0.2, -0.15) is 0 Å². The molecule has 0 rings (SSSR count). The minimum Gasteiger partial charge on any atom is -0.495 e. The molecular formula is C9H13ClO. The number of hydrogen-bond donors (Lipinski definition) is 0. The number of hydrogen-bond acceptors (Lipinski definition) is 1. The summed E-state index contributed by atoms with van der Waals surface area (Å²) in [5, 5.41) is 0.586. The Morgan fingerprint density at radius 2 is 2.00 bits per heavy atom. The van der Waals surface area contributed by atoms with Crippen molar-refractivity contribution < 1.29 is 4.74 Å². The van der Waals surface area contributed by atoms with E-state index in [4.69, 9.17) is 16.3 Å². The Morgan fingerprint density at radius 1 is 1.45 bits per heavy atom. The van der Waals surface area contributed by atoms with Crippen LogP contribution in [0.5, 0.6) is 0 Å². The molecule has 0 heterocycles. The van der Waals surface area contributed by atoms with E-state index < -0.39 is 0 Å². The van der Waals surface area contributed by atoms with Crippen molar-refractivity contribution in [2.45, 2.75) is 13.8 Å². The molecule has 0 aromatic carbocycles. The number of halogens is 1. The third-order valence-electron chi connectivity index (χ3n) is 1.06. The second-order valence-electron chi connectivity index (χ2n) is 2.34. The molecule has 0 saturated heterocycles. The molecule has 0 aliphatic carbocycles. The molecule has 0 bridgehead atoms. The van der Waals surface area contributed by atoms with Crippen molar-refractivity contribution in [2.24, 2.45) is 0 Å². The average Bonchev–Trinajstić information content (AvgIpc) is 1.88. The topological polar surface area (TPSA) is 9.23 Å². The molecule has 11 heavy (non-hydrogen) atoms. The van der Waals surface area contributed by atoms with Crippen molar-refractivity contribution in [1.29, 1.82) is 0 Å². The maximum absolute atomic E-state index is 5.85. The Bertz CT molecular complexity index is 198. The molecule has 0 unspecified atom stereocenters. The van der Waals surface area contributed by atoms with Crippen LogP contribution in [0.15, 0.2) is 35.1 Å². The van der Waals surface area contributed by atoms with Gasteiger partial charge in [-0.05, 0) is 26.0 Å². The highest BCUT2D eigenvalue weighted by Gasteiger charge is 1.95. The maximum Gasteiger partial charge on any atom is 0.136 e. The van der Waals surface area contributed by atoms with E-state index in [1.54, 1.807) is 13.2 Å². The second kappa shape index (κ2) is 5.03. The van der Waals surface area contributed by atoms with Gasteiger partial charge in [-0.3, -0.25) is 0 Å². The SMILES string of the molecule is C=C/C(OC)=C(/Cl)C=C(C)C. The molecule has 0 aromatic rings. The molecule has 0 amide bonds. The highest BCUT2D eigenvalue weighted by atomic mass is 35.5. The Morgan fingerprint density at radius 3 is 2.27 bits per heavy atom. The molecule has 0 aliphatic rings. The number of allylic oxidation sites excluding steroid dienone is 4. The van der Waals surface area contributed by atoms with E-state index in [-0.39, 0.29) is 0 Å². The van der Waals surface area contributed by atoms with Crippen molar-refractivity contribution >= 4 is 11.6 Å². The first-order valence-corrected chi connectivity index (χ1v) is 3.70. The van der Waals surface area contributed by atoms with Gasteiger partial charge in [-0.25, -0.2) is 0 Å². The maximum atomic E-state index is 5.85. The van der Waals surface area contributed by atoms with Gasteiger partial charge in [0.25, 0.3) is 0 Å². The first kappa shape index (κ1) is 10.3. The van der Waals surface area contributed by atoms with Gasteiger partial charge in [0.05, 0.1) is 12.1 Å². The molecule has 0 aromatic heterocycles. The third-order valence-corrected chi connectivity index (χ3v) is 1.35. The molecule has 0 spiro atoms. The van der Waals surface area contributed by atoms with E-state index in [0.29, 0.717) is 10.8 Å². The van der Waals surface area contributed by atoms with Crippen LogP contribution < -0.4 is 0 Å². The van der Waals surface area contributed by atoms with Gasteiger partial charge in [0.15, 0.2) is 0 Å². The van der Waals surface area contributed by atoms with E-state index in [1.807, 2.05) is 19.9 Å². The van der Waals surface area contributed by atoms with Crippen LogP contribution in [-0.4, -0.2) is 7.11 Å². The van der Waals surface area contributed by atoms with Crippen LogP contribution in [0.3, 0.4) is 0 Å². The Hall–Kier alpha value is -0.690.